The highest BCUT2D eigenvalue weighted by molar-refractivity contribution is 6.08. The second-order valence-electron chi connectivity index (χ2n) is 8.02. The van der Waals surface area contributed by atoms with Crippen LogP contribution in [0.4, 0.5) is 10.1 Å². The molecule has 5 nitrogen and oxygen atoms in total. The Labute approximate surface area is 168 Å². The van der Waals surface area contributed by atoms with Gasteiger partial charge in [-0.05, 0) is 49.6 Å². The first kappa shape index (κ1) is 17.9. The highest BCUT2D eigenvalue weighted by atomic mass is 19.1. The highest BCUT2D eigenvalue weighted by Crippen LogP contribution is 2.34. The molecule has 2 aromatic carbocycles. The van der Waals surface area contributed by atoms with Crippen molar-refractivity contribution in [1.82, 2.24) is 9.88 Å². The summed E-state index contributed by atoms with van der Waals surface area (Å²) >= 11 is 0. The molecule has 2 aliphatic rings. The predicted molar refractivity (Wildman–Crippen MR) is 109 cm³/mol. The molecular formula is C23H22FN3O2. The third-order valence-corrected chi connectivity index (χ3v) is 6.15. The SMILES string of the molecule is CC1CCc2cc(F)ccc2N1C(=O)C1CN(C(=O)c2c[nH]c3ccccc23)C1. The Morgan fingerprint density at radius 1 is 1.14 bits per heavy atom. The molecule has 1 N–H and O–H groups in total. The van der Waals surface area contributed by atoms with Crippen molar-refractivity contribution < 1.29 is 14.0 Å². The van der Waals surface area contributed by atoms with Gasteiger partial charge in [-0.25, -0.2) is 4.39 Å². The topological polar surface area (TPSA) is 56.4 Å². The Kier molecular flexibility index (Phi) is 4.15. The number of nitrogens with one attached hydrogen (secondary N) is 1. The number of likely N-dealkylation sites (tertiary alicyclic amines) is 1. The number of hydrogen-bond acceptors (Lipinski definition) is 2. The average molecular weight is 391 g/mol. The molecule has 1 atom stereocenters. The maximum absolute atomic E-state index is 13.6. The van der Waals surface area contributed by atoms with Crippen LogP contribution < -0.4 is 4.90 Å². The molecule has 2 aliphatic heterocycles. The lowest BCUT2D eigenvalue weighted by Crippen LogP contribution is -2.58. The van der Waals surface area contributed by atoms with Gasteiger partial charge in [-0.2, -0.15) is 0 Å². The van der Waals surface area contributed by atoms with E-state index in [0.717, 1.165) is 35.0 Å². The fourth-order valence-corrected chi connectivity index (χ4v) is 4.47. The fourth-order valence-electron chi connectivity index (χ4n) is 4.47. The zero-order valence-electron chi connectivity index (χ0n) is 16.2. The summed E-state index contributed by atoms with van der Waals surface area (Å²) in [4.78, 5) is 32.7. The molecule has 6 heteroatoms. The number of H-pyrrole nitrogens is 1. The van der Waals surface area contributed by atoms with Crippen molar-refractivity contribution in [2.75, 3.05) is 18.0 Å². The van der Waals surface area contributed by atoms with Crippen LogP contribution in [0.15, 0.2) is 48.7 Å². The van der Waals surface area contributed by atoms with Gasteiger partial charge in [0.1, 0.15) is 5.82 Å². The first-order chi connectivity index (χ1) is 14.0. The summed E-state index contributed by atoms with van der Waals surface area (Å²) in [6.07, 6.45) is 3.32. The molecule has 0 aliphatic carbocycles. The molecule has 1 fully saturated rings. The predicted octanol–water partition coefficient (Wildman–Crippen LogP) is 3.75. The number of aromatic nitrogens is 1. The van der Waals surface area contributed by atoms with Gasteiger partial charge in [0, 0.05) is 41.9 Å². The molecule has 0 radical (unpaired) electrons. The van der Waals surface area contributed by atoms with Gasteiger partial charge in [-0.3, -0.25) is 9.59 Å². The Morgan fingerprint density at radius 2 is 1.93 bits per heavy atom. The van der Waals surface area contributed by atoms with Crippen molar-refractivity contribution in [2.24, 2.45) is 5.92 Å². The molecule has 1 aromatic heterocycles. The second-order valence-corrected chi connectivity index (χ2v) is 8.02. The van der Waals surface area contributed by atoms with E-state index in [0.29, 0.717) is 18.7 Å². The Bertz CT molecular complexity index is 1120. The quantitative estimate of drug-likeness (QED) is 0.723. The molecule has 0 bridgehead atoms. The van der Waals surface area contributed by atoms with Crippen molar-refractivity contribution in [3.8, 4) is 0 Å². The molecule has 1 unspecified atom stereocenters. The summed E-state index contributed by atoms with van der Waals surface area (Å²) in [5.74, 6) is -0.527. The molecule has 3 heterocycles. The van der Waals surface area contributed by atoms with Gasteiger partial charge >= 0.3 is 0 Å². The lowest BCUT2D eigenvalue weighted by atomic mass is 9.91. The molecule has 3 aromatic rings. The van der Waals surface area contributed by atoms with E-state index >= 15 is 0 Å². The van der Waals surface area contributed by atoms with E-state index in [1.54, 1.807) is 22.1 Å². The number of nitrogens with zero attached hydrogens (tertiary/aromatic N) is 2. The van der Waals surface area contributed by atoms with E-state index in [1.165, 1.54) is 12.1 Å². The first-order valence-corrected chi connectivity index (χ1v) is 10.00. The van der Waals surface area contributed by atoms with Crippen molar-refractivity contribution in [1.29, 1.82) is 0 Å². The van der Waals surface area contributed by atoms with Crippen molar-refractivity contribution in [3.63, 3.8) is 0 Å². The maximum Gasteiger partial charge on any atom is 0.256 e. The average Bonchev–Trinajstić information content (AvgIpc) is 3.11. The van der Waals surface area contributed by atoms with E-state index in [9.17, 15) is 14.0 Å². The van der Waals surface area contributed by atoms with Crippen molar-refractivity contribution in [3.05, 3.63) is 65.6 Å². The molecule has 1 saturated heterocycles. The van der Waals surface area contributed by atoms with Gasteiger partial charge in [0.2, 0.25) is 5.91 Å². The number of anilines is 1. The molecule has 29 heavy (non-hydrogen) atoms. The fraction of sp³-hybridized carbons (Fsp3) is 0.304. The number of halogens is 1. The van der Waals surface area contributed by atoms with E-state index in [4.69, 9.17) is 0 Å². The van der Waals surface area contributed by atoms with Crippen LogP contribution in [0.3, 0.4) is 0 Å². The molecule has 0 saturated carbocycles. The van der Waals surface area contributed by atoms with Crippen molar-refractivity contribution in [2.45, 2.75) is 25.8 Å². The number of rotatable bonds is 2. The molecule has 5 rings (SSSR count). The smallest absolute Gasteiger partial charge is 0.256 e. The number of benzene rings is 2. The van der Waals surface area contributed by atoms with E-state index in [-0.39, 0.29) is 29.6 Å². The largest absolute Gasteiger partial charge is 0.360 e. The Hall–Kier alpha value is -3.15. The van der Waals surface area contributed by atoms with Crippen LogP contribution in [-0.2, 0) is 11.2 Å². The molecular weight excluding hydrogens is 369 g/mol. The number of fused-ring (bicyclic) bond motifs is 2. The monoisotopic (exact) mass is 391 g/mol. The number of hydrogen-bond donors (Lipinski definition) is 1. The van der Waals surface area contributed by atoms with Crippen LogP contribution in [-0.4, -0.2) is 40.8 Å². The van der Waals surface area contributed by atoms with Crippen LogP contribution in [0, 0.1) is 11.7 Å². The van der Waals surface area contributed by atoms with E-state index in [2.05, 4.69) is 4.98 Å². The van der Waals surface area contributed by atoms with Gasteiger partial charge in [-0.1, -0.05) is 18.2 Å². The first-order valence-electron chi connectivity index (χ1n) is 10.00. The van der Waals surface area contributed by atoms with Crippen LogP contribution in [0.2, 0.25) is 0 Å². The minimum Gasteiger partial charge on any atom is -0.360 e. The third kappa shape index (κ3) is 2.90. The van der Waals surface area contributed by atoms with Crippen molar-refractivity contribution >= 4 is 28.4 Å². The number of carbonyl (C=O) groups is 2. The minimum atomic E-state index is -0.273. The summed E-state index contributed by atoms with van der Waals surface area (Å²) in [5.41, 5.74) is 3.24. The number of aryl methyl sites for hydroxylation is 1. The number of aromatic amines is 1. The van der Waals surface area contributed by atoms with E-state index in [1.807, 2.05) is 31.2 Å². The summed E-state index contributed by atoms with van der Waals surface area (Å²) in [6.45, 7) is 2.85. The Balaban J connectivity index is 1.32. The van der Waals surface area contributed by atoms with Gasteiger partial charge < -0.3 is 14.8 Å². The highest BCUT2D eigenvalue weighted by Gasteiger charge is 2.41. The Morgan fingerprint density at radius 3 is 2.76 bits per heavy atom. The van der Waals surface area contributed by atoms with Crippen LogP contribution in [0.25, 0.3) is 10.9 Å². The van der Waals surface area contributed by atoms with Gasteiger partial charge in [0.05, 0.1) is 11.5 Å². The molecule has 148 valence electrons. The van der Waals surface area contributed by atoms with Crippen LogP contribution >= 0.6 is 0 Å². The summed E-state index contributed by atoms with van der Waals surface area (Å²) in [5, 5.41) is 0.896. The zero-order valence-corrected chi connectivity index (χ0v) is 16.2. The van der Waals surface area contributed by atoms with Gasteiger partial charge in [0.15, 0.2) is 0 Å². The molecule has 2 amide bonds. The van der Waals surface area contributed by atoms with E-state index < -0.39 is 0 Å². The number of amides is 2. The lowest BCUT2D eigenvalue weighted by molar-refractivity contribution is -0.126. The number of para-hydroxylation sites is 1. The summed E-state index contributed by atoms with van der Waals surface area (Å²) in [6, 6.07) is 12.4. The standard InChI is InChI=1S/C23H22FN3O2/c1-14-6-7-15-10-17(24)8-9-21(15)27(14)22(28)16-12-26(13-16)23(29)19-11-25-20-5-3-2-4-18(19)20/h2-5,8-11,14,16,25H,6-7,12-13H2,1H3. The second kappa shape index (κ2) is 6.72. The molecule has 0 spiro atoms. The lowest BCUT2D eigenvalue weighted by Gasteiger charge is -2.43. The minimum absolute atomic E-state index is 0.0213. The zero-order chi connectivity index (χ0) is 20.1. The normalized spacial score (nSPS) is 19.2. The van der Waals surface area contributed by atoms with Crippen LogP contribution in [0.1, 0.15) is 29.3 Å². The number of carbonyl (C=O) groups excluding carboxylic acids is 2. The summed E-state index contributed by atoms with van der Waals surface area (Å²) in [7, 11) is 0. The van der Waals surface area contributed by atoms with Gasteiger partial charge in [0.25, 0.3) is 5.91 Å². The summed E-state index contributed by atoms with van der Waals surface area (Å²) < 4.78 is 13.6. The maximum atomic E-state index is 13.6. The van der Waals surface area contributed by atoms with Gasteiger partial charge in [-0.15, -0.1) is 0 Å². The third-order valence-electron chi connectivity index (χ3n) is 6.15. The van der Waals surface area contributed by atoms with Crippen LogP contribution in [0.5, 0.6) is 0 Å².